The molecule has 1 saturated heterocycles. The summed E-state index contributed by atoms with van der Waals surface area (Å²) in [5.41, 5.74) is 0. The third-order valence-electron chi connectivity index (χ3n) is 3.86. The van der Waals surface area contributed by atoms with Crippen LogP contribution in [-0.2, 0) is 11.2 Å². The van der Waals surface area contributed by atoms with Crippen molar-refractivity contribution in [3.63, 3.8) is 0 Å². The van der Waals surface area contributed by atoms with E-state index in [9.17, 15) is 0 Å². The maximum Gasteiger partial charge on any atom is 0.225 e. The molecule has 5 nitrogen and oxygen atoms in total. The molecule has 0 radical (unpaired) electrons. The first-order chi connectivity index (χ1) is 10.2. The fourth-order valence-corrected chi connectivity index (χ4v) is 3.68. The van der Waals surface area contributed by atoms with Crippen LogP contribution in [0, 0.1) is 0 Å². The maximum atomic E-state index is 5.74. The number of fused-ring (bicyclic) bond motifs is 1. The lowest BCUT2D eigenvalue weighted by Crippen LogP contribution is -2.29. The van der Waals surface area contributed by atoms with E-state index >= 15 is 0 Å². The lowest BCUT2D eigenvalue weighted by Gasteiger charge is -2.22. The molecule has 0 spiro atoms. The summed E-state index contributed by atoms with van der Waals surface area (Å²) in [6.07, 6.45) is 3.66. The van der Waals surface area contributed by atoms with Crippen LogP contribution < -0.4 is 10.2 Å². The van der Waals surface area contributed by atoms with E-state index in [-0.39, 0.29) is 0 Å². The van der Waals surface area contributed by atoms with Crippen LogP contribution in [0.3, 0.4) is 0 Å². The summed E-state index contributed by atoms with van der Waals surface area (Å²) in [4.78, 5) is 13.8. The number of ether oxygens (including phenoxy) is 1. The lowest BCUT2D eigenvalue weighted by atomic mass is 10.2. The van der Waals surface area contributed by atoms with E-state index in [1.165, 1.54) is 4.88 Å². The second-order valence-electron chi connectivity index (χ2n) is 5.42. The topological polar surface area (TPSA) is 50.3 Å². The normalized spacial score (nSPS) is 18.3. The Morgan fingerprint density at radius 2 is 2.33 bits per heavy atom. The number of nitrogens with zero attached hydrogens (tertiary/aromatic N) is 3. The average molecular weight is 306 g/mol. The number of thiophene rings is 1. The van der Waals surface area contributed by atoms with Crippen molar-refractivity contribution in [2.75, 3.05) is 37.5 Å². The summed E-state index contributed by atoms with van der Waals surface area (Å²) >= 11 is 1.75. The predicted molar refractivity (Wildman–Crippen MR) is 88.6 cm³/mol. The van der Waals surface area contributed by atoms with Gasteiger partial charge in [-0.1, -0.05) is 6.92 Å². The van der Waals surface area contributed by atoms with Gasteiger partial charge >= 0.3 is 0 Å². The zero-order chi connectivity index (χ0) is 14.8. The summed E-state index contributed by atoms with van der Waals surface area (Å²) < 4.78 is 5.74. The van der Waals surface area contributed by atoms with E-state index in [1.807, 2.05) is 7.05 Å². The van der Waals surface area contributed by atoms with E-state index in [0.717, 1.165) is 48.4 Å². The number of anilines is 2. The summed E-state index contributed by atoms with van der Waals surface area (Å²) in [5, 5.41) is 4.21. The van der Waals surface area contributed by atoms with Crippen LogP contribution in [0.25, 0.3) is 10.2 Å². The number of hydrogen-bond donors (Lipinski definition) is 1. The Morgan fingerprint density at radius 1 is 1.48 bits per heavy atom. The number of aryl methyl sites for hydroxylation is 1. The van der Waals surface area contributed by atoms with Gasteiger partial charge in [-0.05, 0) is 25.3 Å². The summed E-state index contributed by atoms with van der Waals surface area (Å²) in [6, 6.07) is 2.22. The van der Waals surface area contributed by atoms with Crippen LogP contribution in [0.15, 0.2) is 6.07 Å². The van der Waals surface area contributed by atoms with Crippen LogP contribution >= 0.6 is 11.3 Å². The molecule has 0 bridgehead atoms. The van der Waals surface area contributed by atoms with Gasteiger partial charge in [0.25, 0.3) is 0 Å². The molecule has 0 aromatic carbocycles. The highest BCUT2D eigenvalue weighted by Gasteiger charge is 2.20. The van der Waals surface area contributed by atoms with Gasteiger partial charge in [-0.25, -0.2) is 4.98 Å². The van der Waals surface area contributed by atoms with Crippen molar-refractivity contribution in [1.29, 1.82) is 0 Å². The van der Waals surface area contributed by atoms with Crippen molar-refractivity contribution in [1.82, 2.24) is 9.97 Å². The summed E-state index contributed by atoms with van der Waals surface area (Å²) in [5.74, 6) is 1.68. The van der Waals surface area contributed by atoms with Crippen molar-refractivity contribution in [3.05, 3.63) is 10.9 Å². The molecule has 0 saturated carbocycles. The number of nitrogens with one attached hydrogen (secondary N) is 1. The molecular weight excluding hydrogens is 284 g/mol. The molecule has 3 rings (SSSR count). The van der Waals surface area contributed by atoms with Crippen LogP contribution in [0.1, 0.15) is 24.6 Å². The largest absolute Gasteiger partial charge is 0.376 e. The molecule has 1 N–H and O–H groups in total. The van der Waals surface area contributed by atoms with Gasteiger partial charge in [-0.3, -0.25) is 0 Å². The highest BCUT2D eigenvalue weighted by atomic mass is 32.1. The minimum absolute atomic E-state index is 0.322. The molecule has 1 atom stereocenters. The fourth-order valence-electron chi connectivity index (χ4n) is 2.71. The summed E-state index contributed by atoms with van der Waals surface area (Å²) in [6.45, 7) is 3.94. The Labute approximate surface area is 129 Å². The van der Waals surface area contributed by atoms with Crippen LogP contribution in [-0.4, -0.2) is 43.3 Å². The zero-order valence-electron chi connectivity index (χ0n) is 12.8. The first kappa shape index (κ1) is 14.5. The quantitative estimate of drug-likeness (QED) is 0.920. The molecule has 114 valence electrons. The predicted octanol–water partition coefficient (Wildman–Crippen LogP) is 2.91. The third kappa shape index (κ3) is 2.96. The standard InChI is InChI=1S/C15H22N4OS/c1-4-11-8-12-13(17-15(16-2)18-14(12)21-11)19(3)9-10-6-5-7-20-10/h8,10H,4-7,9H2,1-3H3,(H,16,17,18). The number of hydrogen-bond acceptors (Lipinski definition) is 6. The van der Waals surface area contributed by atoms with Gasteiger partial charge in [-0.2, -0.15) is 4.98 Å². The van der Waals surface area contributed by atoms with E-state index < -0.39 is 0 Å². The Kier molecular flexibility index (Phi) is 4.26. The van der Waals surface area contributed by atoms with Crippen molar-refractivity contribution >= 4 is 33.3 Å². The molecule has 21 heavy (non-hydrogen) atoms. The second kappa shape index (κ2) is 6.15. The first-order valence-electron chi connectivity index (χ1n) is 7.52. The Hall–Kier alpha value is -1.40. The minimum Gasteiger partial charge on any atom is -0.376 e. The van der Waals surface area contributed by atoms with Crippen molar-refractivity contribution in [2.45, 2.75) is 32.3 Å². The minimum atomic E-state index is 0.322. The monoisotopic (exact) mass is 306 g/mol. The molecule has 0 amide bonds. The molecule has 1 unspecified atom stereocenters. The van der Waals surface area contributed by atoms with E-state index in [1.54, 1.807) is 11.3 Å². The first-order valence-corrected chi connectivity index (χ1v) is 8.34. The molecule has 0 aliphatic carbocycles. The molecule has 6 heteroatoms. The van der Waals surface area contributed by atoms with Gasteiger partial charge in [0.2, 0.25) is 5.95 Å². The SMILES string of the molecule is CCc1cc2c(N(C)CC3CCCO3)nc(NC)nc2s1. The maximum absolute atomic E-state index is 5.74. The van der Waals surface area contributed by atoms with Gasteiger partial charge in [0.05, 0.1) is 11.5 Å². The summed E-state index contributed by atoms with van der Waals surface area (Å²) in [7, 11) is 3.95. The molecule has 2 aromatic heterocycles. The van der Waals surface area contributed by atoms with Crippen molar-refractivity contribution < 1.29 is 4.74 Å². The molecule has 1 aliphatic heterocycles. The van der Waals surface area contributed by atoms with E-state index in [4.69, 9.17) is 4.74 Å². The zero-order valence-corrected chi connectivity index (χ0v) is 13.7. The smallest absolute Gasteiger partial charge is 0.225 e. The Bertz CT molecular complexity index is 621. The van der Waals surface area contributed by atoms with Crippen LogP contribution in [0.2, 0.25) is 0 Å². The second-order valence-corrected chi connectivity index (χ2v) is 6.54. The average Bonchev–Trinajstić information content (AvgIpc) is 3.14. The Morgan fingerprint density at radius 3 is 3.00 bits per heavy atom. The van der Waals surface area contributed by atoms with Gasteiger partial charge < -0.3 is 15.0 Å². The van der Waals surface area contributed by atoms with Gasteiger partial charge in [-0.15, -0.1) is 11.3 Å². The van der Waals surface area contributed by atoms with Gasteiger partial charge in [0.1, 0.15) is 10.6 Å². The Balaban J connectivity index is 1.95. The molecule has 3 heterocycles. The van der Waals surface area contributed by atoms with Crippen molar-refractivity contribution in [2.24, 2.45) is 0 Å². The molecule has 1 aliphatic rings. The third-order valence-corrected chi connectivity index (χ3v) is 5.03. The van der Waals surface area contributed by atoms with E-state index in [0.29, 0.717) is 12.1 Å². The van der Waals surface area contributed by atoms with Crippen LogP contribution in [0.5, 0.6) is 0 Å². The highest BCUT2D eigenvalue weighted by Crippen LogP contribution is 2.32. The number of rotatable bonds is 5. The van der Waals surface area contributed by atoms with Gasteiger partial charge in [0.15, 0.2) is 0 Å². The van der Waals surface area contributed by atoms with E-state index in [2.05, 4.69) is 40.2 Å². The fraction of sp³-hybridized carbons (Fsp3) is 0.600. The molecule has 1 fully saturated rings. The number of likely N-dealkylation sites (N-methyl/N-ethyl adjacent to an activating group) is 1. The van der Waals surface area contributed by atoms with Crippen LogP contribution in [0.4, 0.5) is 11.8 Å². The van der Waals surface area contributed by atoms with Crippen molar-refractivity contribution in [3.8, 4) is 0 Å². The highest BCUT2D eigenvalue weighted by molar-refractivity contribution is 7.18. The van der Waals surface area contributed by atoms with Gasteiger partial charge in [0, 0.05) is 32.1 Å². The lowest BCUT2D eigenvalue weighted by molar-refractivity contribution is 0.116. The molecular formula is C15H22N4OS. The molecule has 2 aromatic rings. The number of aromatic nitrogens is 2.